The molecule has 0 aliphatic heterocycles. The molecule has 0 heterocycles. The summed E-state index contributed by atoms with van der Waals surface area (Å²) in [6, 6.07) is 12.0. The molecule has 96 valence electrons. The molecule has 0 unspecified atom stereocenters. The summed E-state index contributed by atoms with van der Waals surface area (Å²) in [6.07, 6.45) is 0. The van der Waals surface area contributed by atoms with Gasteiger partial charge in [0.1, 0.15) is 5.82 Å². The molecule has 0 aliphatic carbocycles. The van der Waals surface area contributed by atoms with Crippen molar-refractivity contribution in [3.63, 3.8) is 0 Å². The fraction of sp³-hybridized carbons (Fsp3) is 0.133. The Bertz CT molecular complexity index is 627. The topological polar surface area (TPSA) is 35.8 Å². The normalized spacial score (nSPS) is 10.0. The lowest BCUT2D eigenvalue weighted by molar-refractivity contribution is 0.613. The van der Waals surface area contributed by atoms with Crippen LogP contribution in [0.1, 0.15) is 16.7 Å². The van der Waals surface area contributed by atoms with E-state index in [9.17, 15) is 4.39 Å². The van der Waals surface area contributed by atoms with Crippen LogP contribution < -0.4 is 5.32 Å². The average molecular weight is 275 g/mol. The van der Waals surface area contributed by atoms with Crippen molar-refractivity contribution in [3.05, 3.63) is 63.9 Å². The average Bonchev–Trinajstić information content (AvgIpc) is 2.40. The Morgan fingerprint density at radius 1 is 1.32 bits per heavy atom. The van der Waals surface area contributed by atoms with E-state index < -0.39 is 0 Å². The van der Waals surface area contributed by atoms with Crippen LogP contribution in [-0.4, -0.2) is 0 Å². The molecule has 4 heteroatoms. The van der Waals surface area contributed by atoms with Crippen molar-refractivity contribution < 1.29 is 4.39 Å². The molecule has 2 aromatic carbocycles. The number of aryl methyl sites for hydroxylation is 1. The van der Waals surface area contributed by atoms with Gasteiger partial charge in [-0.1, -0.05) is 23.7 Å². The van der Waals surface area contributed by atoms with Crippen LogP contribution in [0.25, 0.3) is 0 Å². The van der Waals surface area contributed by atoms with Crippen LogP contribution in [0.4, 0.5) is 10.1 Å². The maximum Gasteiger partial charge on any atom is 0.129 e. The Morgan fingerprint density at radius 2 is 2.11 bits per heavy atom. The van der Waals surface area contributed by atoms with Crippen molar-refractivity contribution >= 4 is 17.3 Å². The van der Waals surface area contributed by atoms with Crippen molar-refractivity contribution in [2.75, 3.05) is 5.32 Å². The number of halogens is 2. The van der Waals surface area contributed by atoms with Gasteiger partial charge in [0.05, 0.1) is 11.6 Å². The molecule has 2 rings (SSSR count). The summed E-state index contributed by atoms with van der Waals surface area (Å²) in [7, 11) is 0. The molecular formula is C15H12ClFN2. The fourth-order valence-electron chi connectivity index (χ4n) is 1.77. The second-order valence-corrected chi connectivity index (χ2v) is 4.60. The lowest BCUT2D eigenvalue weighted by atomic mass is 10.1. The number of nitrogens with one attached hydrogen (secondary N) is 1. The van der Waals surface area contributed by atoms with Gasteiger partial charge < -0.3 is 5.32 Å². The van der Waals surface area contributed by atoms with Crippen LogP contribution in [0.3, 0.4) is 0 Å². The quantitative estimate of drug-likeness (QED) is 0.907. The standard InChI is InChI=1S/C15H12ClFN2/c1-10-5-6-11(8-18)7-15(10)19-9-12-13(16)3-2-4-14(12)17/h2-7,19H,9H2,1H3. The number of nitrogens with zero attached hydrogens (tertiary/aromatic N) is 1. The zero-order valence-electron chi connectivity index (χ0n) is 10.4. The maximum absolute atomic E-state index is 13.6. The summed E-state index contributed by atoms with van der Waals surface area (Å²) >= 11 is 5.96. The minimum absolute atomic E-state index is 0.279. The van der Waals surface area contributed by atoms with Gasteiger partial charge in [0, 0.05) is 22.8 Å². The Labute approximate surface area is 116 Å². The Hall–Kier alpha value is -2.05. The van der Waals surface area contributed by atoms with Gasteiger partial charge in [-0.3, -0.25) is 0 Å². The number of hydrogen-bond acceptors (Lipinski definition) is 2. The molecule has 0 bridgehead atoms. The minimum atomic E-state index is -0.339. The molecule has 2 aromatic rings. The van der Waals surface area contributed by atoms with Crippen LogP contribution in [0.15, 0.2) is 36.4 Å². The van der Waals surface area contributed by atoms with E-state index in [1.807, 2.05) is 13.0 Å². The summed E-state index contributed by atoms with van der Waals surface area (Å²) in [5.74, 6) is -0.339. The van der Waals surface area contributed by atoms with Crippen LogP contribution in [-0.2, 0) is 6.54 Å². The minimum Gasteiger partial charge on any atom is -0.381 e. The van der Waals surface area contributed by atoms with E-state index in [-0.39, 0.29) is 12.4 Å². The molecule has 0 spiro atoms. The SMILES string of the molecule is Cc1ccc(C#N)cc1NCc1c(F)cccc1Cl. The van der Waals surface area contributed by atoms with Gasteiger partial charge in [-0.25, -0.2) is 4.39 Å². The predicted octanol–water partition coefficient (Wildman–Crippen LogP) is 4.27. The van der Waals surface area contributed by atoms with Gasteiger partial charge in [0.25, 0.3) is 0 Å². The number of benzene rings is 2. The van der Waals surface area contributed by atoms with E-state index >= 15 is 0 Å². The second kappa shape index (κ2) is 5.73. The van der Waals surface area contributed by atoms with Crippen LogP contribution in [0.2, 0.25) is 5.02 Å². The van der Waals surface area contributed by atoms with Gasteiger partial charge >= 0.3 is 0 Å². The van der Waals surface area contributed by atoms with E-state index in [0.29, 0.717) is 16.1 Å². The van der Waals surface area contributed by atoms with Crippen molar-refractivity contribution in [2.45, 2.75) is 13.5 Å². The molecule has 0 atom stereocenters. The highest BCUT2D eigenvalue weighted by molar-refractivity contribution is 6.31. The summed E-state index contributed by atoms with van der Waals surface area (Å²) in [5, 5.41) is 12.4. The van der Waals surface area contributed by atoms with Gasteiger partial charge in [-0.05, 0) is 36.8 Å². The number of nitriles is 1. The van der Waals surface area contributed by atoms with E-state index in [0.717, 1.165) is 11.3 Å². The summed E-state index contributed by atoms with van der Waals surface area (Å²) in [4.78, 5) is 0. The highest BCUT2D eigenvalue weighted by Gasteiger charge is 2.07. The molecule has 0 amide bonds. The number of anilines is 1. The zero-order valence-corrected chi connectivity index (χ0v) is 11.1. The van der Waals surface area contributed by atoms with E-state index in [1.165, 1.54) is 6.07 Å². The Kier molecular flexibility index (Phi) is 4.03. The molecule has 0 radical (unpaired) electrons. The molecule has 0 saturated heterocycles. The monoisotopic (exact) mass is 274 g/mol. The molecule has 2 nitrogen and oxygen atoms in total. The van der Waals surface area contributed by atoms with E-state index in [2.05, 4.69) is 11.4 Å². The van der Waals surface area contributed by atoms with Crippen molar-refractivity contribution in [2.24, 2.45) is 0 Å². The first-order chi connectivity index (χ1) is 9.11. The van der Waals surface area contributed by atoms with Gasteiger partial charge in [-0.15, -0.1) is 0 Å². The largest absolute Gasteiger partial charge is 0.381 e. The van der Waals surface area contributed by atoms with Gasteiger partial charge in [-0.2, -0.15) is 5.26 Å². The summed E-state index contributed by atoms with van der Waals surface area (Å²) in [6.45, 7) is 2.20. The van der Waals surface area contributed by atoms with E-state index in [1.54, 1.807) is 24.3 Å². The van der Waals surface area contributed by atoms with Crippen molar-refractivity contribution in [1.29, 1.82) is 5.26 Å². The van der Waals surface area contributed by atoms with Gasteiger partial charge in [0.2, 0.25) is 0 Å². The fourth-order valence-corrected chi connectivity index (χ4v) is 2.00. The zero-order chi connectivity index (χ0) is 13.8. The molecule has 0 fully saturated rings. The highest BCUT2D eigenvalue weighted by atomic mass is 35.5. The molecular weight excluding hydrogens is 263 g/mol. The smallest absolute Gasteiger partial charge is 0.129 e. The molecule has 19 heavy (non-hydrogen) atoms. The highest BCUT2D eigenvalue weighted by Crippen LogP contribution is 2.22. The second-order valence-electron chi connectivity index (χ2n) is 4.20. The third-order valence-electron chi connectivity index (χ3n) is 2.88. The molecule has 0 aliphatic rings. The maximum atomic E-state index is 13.6. The van der Waals surface area contributed by atoms with Crippen molar-refractivity contribution in [1.82, 2.24) is 0 Å². The van der Waals surface area contributed by atoms with Crippen LogP contribution >= 0.6 is 11.6 Å². The summed E-state index contributed by atoms with van der Waals surface area (Å²) in [5.41, 5.74) is 2.78. The lowest BCUT2D eigenvalue weighted by Crippen LogP contribution is -2.04. The third kappa shape index (κ3) is 3.04. The first kappa shape index (κ1) is 13.4. The van der Waals surface area contributed by atoms with Crippen LogP contribution in [0, 0.1) is 24.1 Å². The van der Waals surface area contributed by atoms with E-state index in [4.69, 9.17) is 16.9 Å². The predicted molar refractivity (Wildman–Crippen MR) is 74.6 cm³/mol. The first-order valence-corrected chi connectivity index (χ1v) is 6.17. The number of hydrogen-bond donors (Lipinski definition) is 1. The molecule has 1 N–H and O–H groups in total. The molecule has 0 aromatic heterocycles. The van der Waals surface area contributed by atoms with Crippen LogP contribution in [0.5, 0.6) is 0 Å². The Morgan fingerprint density at radius 3 is 2.79 bits per heavy atom. The first-order valence-electron chi connectivity index (χ1n) is 5.79. The van der Waals surface area contributed by atoms with Crippen molar-refractivity contribution in [3.8, 4) is 6.07 Å². The summed E-state index contributed by atoms with van der Waals surface area (Å²) < 4.78 is 13.6. The lowest BCUT2D eigenvalue weighted by Gasteiger charge is -2.11. The molecule has 0 saturated carbocycles. The van der Waals surface area contributed by atoms with Gasteiger partial charge in [0.15, 0.2) is 0 Å². The third-order valence-corrected chi connectivity index (χ3v) is 3.24. The Balaban J connectivity index is 2.22. The number of rotatable bonds is 3.